The van der Waals surface area contributed by atoms with Gasteiger partial charge in [-0.25, -0.2) is 4.79 Å². The molecule has 0 saturated heterocycles. The molecule has 0 fully saturated rings. The van der Waals surface area contributed by atoms with Crippen LogP contribution in [0.15, 0.2) is 12.1 Å². The number of carboxylic acids is 1. The van der Waals surface area contributed by atoms with Crippen LogP contribution in [-0.4, -0.2) is 29.1 Å². The average molecular weight is 224 g/mol. The summed E-state index contributed by atoms with van der Waals surface area (Å²) in [6.07, 6.45) is -0.0245. The van der Waals surface area contributed by atoms with E-state index >= 15 is 0 Å². The summed E-state index contributed by atoms with van der Waals surface area (Å²) < 4.78 is 4.83. The van der Waals surface area contributed by atoms with E-state index in [-0.39, 0.29) is 34.8 Å². The van der Waals surface area contributed by atoms with Gasteiger partial charge >= 0.3 is 5.97 Å². The molecule has 5 nitrogen and oxygen atoms in total. The molecule has 5 heteroatoms. The normalized spacial score (nSPS) is 9.88. The number of carboxylic acid groups (broad SMARTS) is 1. The minimum atomic E-state index is -1.14. The maximum atomic E-state index is 10.9. The minimum absolute atomic E-state index is 0.0223. The molecule has 0 aromatic heterocycles. The third-order valence-corrected chi connectivity index (χ3v) is 2.06. The van der Waals surface area contributed by atoms with Crippen LogP contribution in [0.5, 0.6) is 11.5 Å². The monoisotopic (exact) mass is 224 g/mol. The van der Waals surface area contributed by atoms with Gasteiger partial charge < -0.3 is 14.9 Å². The number of ketones is 1. The zero-order valence-electron chi connectivity index (χ0n) is 8.98. The lowest BCUT2D eigenvalue weighted by atomic mass is 10.0. The van der Waals surface area contributed by atoms with Crippen LogP contribution in [0.3, 0.4) is 0 Å². The Hall–Kier alpha value is -2.04. The molecule has 2 N–H and O–H groups in total. The second kappa shape index (κ2) is 4.65. The van der Waals surface area contributed by atoms with E-state index in [1.807, 2.05) is 0 Å². The number of ether oxygens (including phenoxy) is 1. The highest BCUT2D eigenvalue weighted by Crippen LogP contribution is 2.31. The van der Waals surface area contributed by atoms with E-state index in [0.717, 1.165) is 0 Å². The van der Waals surface area contributed by atoms with E-state index in [9.17, 15) is 14.7 Å². The summed E-state index contributed by atoms with van der Waals surface area (Å²) in [5.74, 6) is -1.44. The quantitative estimate of drug-likeness (QED) is 0.803. The van der Waals surface area contributed by atoms with Crippen LogP contribution >= 0.6 is 0 Å². The number of benzene rings is 1. The number of carbonyl (C=O) groups excluding carboxylic acids is 1. The molecule has 0 aliphatic heterocycles. The maximum Gasteiger partial charge on any atom is 0.335 e. The first-order valence-corrected chi connectivity index (χ1v) is 4.58. The zero-order chi connectivity index (χ0) is 12.3. The van der Waals surface area contributed by atoms with Gasteiger partial charge in [0.25, 0.3) is 0 Å². The summed E-state index contributed by atoms with van der Waals surface area (Å²) in [6.45, 7) is 1.36. The molecular weight excluding hydrogens is 212 g/mol. The fraction of sp³-hybridized carbons (Fsp3) is 0.273. The summed E-state index contributed by atoms with van der Waals surface area (Å²) in [4.78, 5) is 21.7. The Bertz CT molecular complexity index is 436. The first kappa shape index (κ1) is 12.0. The number of carbonyl (C=O) groups is 2. The van der Waals surface area contributed by atoms with Crippen LogP contribution in [0.25, 0.3) is 0 Å². The van der Waals surface area contributed by atoms with Gasteiger partial charge in [-0.2, -0.15) is 0 Å². The fourth-order valence-electron chi connectivity index (χ4n) is 1.35. The van der Waals surface area contributed by atoms with Crippen LogP contribution in [0.4, 0.5) is 0 Å². The number of hydrogen-bond donors (Lipinski definition) is 2. The van der Waals surface area contributed by atoms with Crippen molar-refractivity contribution in [2.24, 2.45) is 0 Å². The smallest absolute Gasteiger partial charge is 0.335 e. The number of methoxy groups -OCH3 is 1. The first-order valence-electron chi connectivity index (χ1n) is 4.58. The Morgan fingerprint density at radius 3 is 2.44 bits per heavy atom. The first-order chi connectivity index (χ1) is 7.45. The van der Waals surface area contributed by atoms with Crippen molar-refractivity contribution < 1.29 is 24.5 Å². The summed E-state index contributed by atoms with van der Waals surface area (Å²) in [5.41, 5.74) is 0.232. The number of aromatic carboxylic acids is 1. The highest BCUT2D eigenvalue weighted by Gasteiger charge is 2.15. The molecule has 16 heavy (non-hydrogen) atoms. The summed E-state index contributed by atoms with van der Waals surface area (Å²) in [7, 11) is 1.32. The molecule has 0 spiro atoms. The van der Waals surface area contributed by atoms with E-state index < -0.39 is 5.97 Å². The van der Waals surface area contributed by atoms with Crippen LogP contribution < -0.4 is 4.74 Å². The maximum absolute atomic E-state index is 10.9. The van der Waals surface area contributed by atoms with Gasteiger partial charge in [0.15, 0.2) is 11.5 Å². The van der Waals surface area contributed by atoms with Crippen molar-refractivity contribution in [2.45, 2.75) is 13.3 Å². The number of rotatable bonds is 4. The fourth-order valence-corrected chi connectivity index (χ4v) is 1.35. The largest absolute Gasteiger partial charge is 0.504 e. The van der Waals surface area contributed by atoms with Crippen LogP contribution in [0.2, 0.25) is 0 Å². The molecule has 0 bridgehead atoms. The number of aromatic hydroxyl groups is 1. The number of phenols is 1. The SMILES string of the molecule is COc1cc(C(=O)O)cc(CC(C)=O)c1O. The molecule has 0 aliphatic carbocycles. The lowest BCUT2D eigenvalue weighted by molar-refractivity contribution is -0.116. The van der Waals surface area contributed by atoms with Crippen molar-refractivity contribution in [3.63, 3.8) is 0 Å². The second-order valence-electron chi connectivity index (χ2n) is 3.37. The van der Waals surface area contributed by atoms with Crippen molar-refractivity contribution in [1.29, 1.82) is 0 Å². The molecule has 0 radical (unpaired) electrons. The van der Waals surface area contributed by atoms with Gasteiger partial charge in [-0.1, -0.05) is 0 Å². The third-order valence-electron chi connectivity index (χ3n) is 2.06. The summed E-state index contributed by atoms with van der Waals surface area (Å²) in [6, 6.07) is 2.48. The number of Topliss-reactive ketones (excluding diaryl/α,β-unsaturated/α-hetero) is 1. The molecule has 1 aromatic rings. The Morgan fingerprint density at radius 2 is 2.00 bits per heavy atom. The van der Waals surface area contributed by atoms with Gasteiger partial charge in [-0.05, 0) is 19.1 Å². The van der Waals surface area contributed by atoms with Crippen molar-refractivity contribution in [3.05, 3.63) is 23.3 Å². The molecule has 0 atom stereocenters. The Kier molecular flexibility index (Phi) is 3.50. The van der Waals surface area contributed by atoms with Gasteiger partial charge in [-0.3, -0.25) is 4.79 Å². The van der Waals surface area contributed by atoms with E-state index in [1.54, 1.807) is 0 Å². The second-order valence-corrected chi connectivity index (χ2v) is 3.37. The lowest BCUT2D eigenvalue weighted by Crippen LogP contribution is -2.03. The summed E-state index contributed by atoms with van der Waals surface area (Å²) in [5, 5.41) is 18.5. The van der Waals surface area contributed by atoms with Gasteiger partial charge in [0.05, 0.1) is 12.7 Å². The van der Waals surface area contributed by atoms with Gasteiger partial charge in [0.2, 0.25) is 0 Å². The molecule has 1 aromatic carbocycles. The molecule has 0 heterocycles. The average Bonchev–Trinajstić information content (AvgIpc) is 2.20. The molecule has 0 unspecified atom stereocenters. The van der Waals surface area contributed by atoms with Gasteiger partial charge in [-0.15, -0.1) is 0 Å². The van der Waals surface area contributed by atoms with E-state index in [2.05, 4.69) is 0 Å². The molecular formula is C11H12O5. The Labute approximate surface area is 92.3 Å². The minimum Gasteiger partial charge on any atom is -0.504 e. The van der Waals surface area contributed by atoms with Crippen molar-refractivity contribution in [1.82, 2.24) is 0 Å². The van der Waals surface area contributed by atoms with Gasteiger partial charge in [0.1, 0.15) is 5.78 Å². The highest BCUT2D eigenvalue weighted by atomic mass is 16.5. The number of hydrogen-bond acceptors (Lipinski definition) is 4. The van der Waals surface area contributed by atoms with Crippen molar-refractivity contribution in [3.8, 4) is 11.5 Å². The standard InChI is InChI=1S/C11H12O5/c1-6(12)3-7-4-8(11(14)15)5-9(16-2)10(7)13/h4-5,13H,3H2,1-2H3,(H,14,15). The summed E-state index contributed by atoms with van der Waals surface area (Å²) >= 11 is 0. The predicted molar refractivity (Wildman–Crippen MR) is 56.0 cm³/mol. The molecule has 0 saturated carbocycles. The third kappa shape index (κ3) is 2.50. The predicted octanol–water partition coefficient (Wildman–Crippen LogP) is 1.23. The van der Waals surface area contributed by atoms with Crippen LogP contribution in [0.1, 0.15) is 22.8 Å². The highest BCUT2D eigenvalue weighted by molar-refractivity contribution is 5.90. The molecule has 1 rings (SSSR count). The lowest BCUT2D eigenvalue weighted by Gasteiger charge is -2.09. The molecule has 0 amide bonds. The van der Waals surface area contributed by atoms with E-state index in [4.69, 9.17) is 9.84 Å². The molecule has 86 valence electrons. The van der Waals surface area contributed by atoms with E-state index in [1.165, 1.54) is 26.2 Å². The van der Waals surface area contributed by atoms with Crippen molar-refractivity contribution >= 4 is 11.8 Å². The van der Waals surface area contributed by atoms with E-state index in [0.29, 0.717) is 0 Å². The van der Waals surface area contributed by atoms with Gasteiger partial charge in [0, 0.05) is 12.0 Å². The van der Waals surface area contributed by atoms with Crippen LogP contribution in [0, 0.1) is 0 Å². The Balaban J connectivity index is 3.29. The Morgan fingerprint density at radius 1 is 1.38 bits per heavy atom. The number of phenolic OH excluding ortho intramolecular Hbond substituents is 1. The van der Waals surface area contributed by atoms with Crippen LogP contribution in [-0.2, 0) is 11.2 Å². The van der Waals surface area contributed by atoms with Crippen molar-refractivity contribution in [2.75, 3.05) is 7.11 Å². The molecule has 0 aliphatic rings. The topological polar surface area (TPSA) is 83.8 Å². The zero-order valence-corrected chi connectivity index (χ0v) is 8.98.